The Balaban J connectivity index is 1.56. The maximum absolute atomic E-state index is 12.4. The molecule has 0 aliphatic rings. The molecular formula is C27H23ClN2O7. The molecule has 0 unspecified atom stereocenters. The van der Waals surface area contributed by atoms with E-state index in [1.807, 2.05) is 6.07 Å². The lowest BCUT2D eigenvalue weighted by atomic mass is 10.1. The van der Waals surface area contributed by atoms with E-state index < -0.39 is 12.1 Å². The fraction of sp³-hybridized carbons (Fsp3) is 0.148. The number of halogens is 1. The second-order valence-corrected chi connectivity index (χ2v) is 7.99. The summed E-state index contributed by atoms with van der Waals surface area (Å²) in [6.45, 7) is 0.602. The lowest BCUT2D eigenvalue weighted by Gasteiger charge is -2.14. The SMILES string of the molecule is COCCOc1cc2nccc(Oc3ccc(NC(=O)Oc4ccccc4)c(Cl)c3)c2cc1C(=O)OC. The van der Waals surface area contributed by atoms with Gasteiger partial charge in [0.05, 0.1) is 29.9 Å². The summed E-state index contributed by atoms with van der Waals surface area (Å²) in [7, 11) is 2.85. The first-order valence-electron chi connectivity index (χ1n) is 11.1. The number of anilines is 1. The van der Waals surface area contributed by atoms with Crippen LogP contribution in [0.1, 0.15) is 10.4 Å². The molecule has 10 heteroatoms. The van der Waals surface area contributed by atoms with Gasteiger partial charge in [-0.2, -0.15) is 0 Å². The molecule has 0 radical (unpaired) electrons. The number of aromatic nitrogens is 1. The number of methoxy groups -OCH3 is 2. The summed E-state index contributed by atoms with van der Waals surface area (Å²) in [4.78, 5) is 29.0. The maximum atomic E-state index is 12.4. The zero-order valence-corrected chi connectivity index (χ0v) is 20.8. The molecule has 37 heavy (non-hydrogen) atoms. The quantitative estimate of drug-likeness (QED) is 0.207. The van der Waals surface area contributed by atoms with Crippen LogP contribution >= 0.6 is 11.6 Å². The minimum absolute atomic E-state index is 0.221. The number of hydrogen-bond acceptors (Lipinski definition) is 8. The highest BCUT2D eigenvalue weighted by Crippen LogP contribution is 2.35. The van der Waals surface area contributed by atoms with Gasteiger partial charge < -0.3 is 23.7 Å². The van der Waals surface area contributed by atoms with Crippen LogP contribution in [0.5, 0.6) is 23.0 Å². The molecule has 4 rings (SSSR count). The van der Waals surface area contributed by atoms with Gasteiger partial charge in [0.1, 0.15) is 35.2 Å². The third kappa shape index (κ3) is 6.46. The highest BCUT2D eigenvalue weighted by Gasteiger charge is 2.18. The number of esters is 1. The molecule has 0 spiro atoms. The van der Waals surface area contributed by atoms with Crippen molar-refractivity contribution in [3.63, 3.8) is 0 Å². The van der Waals surface area contributed by atoms with Crippen molar-refractivity contribution in [3.05, 3.63) is 83.5 Å². The molecule has 0 atom stereocenters. The number of amides is 1. The van der Waals surface area contributed by atoms with Crippen molar-refractivity contribution < 1.29 is 33.3 Å². The number of ether oxygens (including phenoxy) is 5. The predicted octanol–water partition coefficient (Wildman–Crippen LogP) is 6.10. The van der Waals surface area contributed by atoms with Crippen molar-refractivity contribution in [2.24, 2.45) is 0 Å². The Morgan fingerprint density at radius 2 is 1.73 bits per heavy atom. The van der Waals surface area contributed by atoms with E-state index in [9.17, 15) is 9.59 Å². The van der Waals surface area contributed by atoms with E-state index in [1.165, 1.54) is 7.11 Å². The monoisotopic (exact) mass is 522 g/mol. The van der Waals surface area contributed by atoms with Gasteiger partial charge in [-0.3, -0.25) is 10.3 Å². The maximum Gasteiger partial charge on any atom is 0.417 e. The van der Waals surface area contributed by atoms with Gasteiger partial charge in [0.25, 0.3) is 0 Å². The summed E-state index contributed by atoms with van der Waals surface area (Å²) in [5.41, 5.74) is 1.12. The predicted molar refractivity (Wildman–Crippen MR) is 138 cm³/mol. The molecule has 0 saturated heterocycles. The fourth-order valence-corrected chi connectivity index (χ4v) is 3.60. The van der Waals surface area contributed by atoms with Crippen molar-refractivity contribution in [2.75, 3.05) is 32.8 Å². The molecule has 3 aromatic carbocycles. The molecule has 1 amide bonds. The minimum atomic E-state index is -0.680. The summed E-state index contributed by atoms with van der Waals surface area (Å²) >= 11 is 6.38. The van der Waals surface area contributed by atoms with Gasteiger partial charge in [0, 0.05) is 30.8 Å². The molecule has 1 N–H and O–H groups in total. The van der Waals surface area contributed by atoms with E-state index in [0.29, 0.717) is 46.2 Å². The van der Waals surface area contributed by atoms with Gasteiger partial charge >= 0.3 is 12.1 Å². The first-order chi connectivity index (χ1) is 18.0. The van der Waals surface area contributed by atoms with Crippen LogP contribution in [0, 0.1) is 0 Å². The second-order valence-electron chi connectivity index (χ2n) is 7.58. The largest absolute Gasteiger partial charge is 0.490 e. The Bertz CT molecular complexity index is 1410. The molecule has 4 aromatic rings. The molecule has 0 aliphatic heterocycles. The Hall–Kier alpha value is -4.34. The zero-order valence-electron chi connectivity index (χ0n) is 20.0. The third-order valence-electron chi connectivity index (χ3n) is 5.11. The molecule has 0 fully saturated rings. The normalized spacial score (nSPS) is 10.6. The Morgan fingerprint density at radius 3 is 2.46 bits per heavy atom. The van der Waals surface area contributed by atoms with Gasteiger partial charge in [-0.15, -0.1) is 0 Å². The molecular weight excluding hydrogens is 500 g/mol. The zero-order chi connectivity index (χ0) is 26.2. The van der Waals surface area contributed by atoms with Crippen molar-refractivity contribution in [1.29, 1.82) is 0 Å². The first-order valence-corrected chi connectivity index (χ1v) is 11.5. The summed E-state index contributed by atoms with van der Waals surface area (Å²) in [5, 5.41) is 3.40. The van der Waals surface area contributed by atoms with Gasteiger partial charge in [-0.1, -0.05) is 29.8 Å². The number of pyridine rings is 1. The molecule has 0 bridgehead atoms. The Kier molecular flexibility index (Phi) is 8.40. The average molecular weight is 523 g/mol. The van der Waals surface area contributed by atoms with Gasteiger partial charge in [-0.25, -0.2) is 9.59 Å². The van der Waals surface area contributed by atoms with Crippen LogP contribution in [0.2, 0.25) is 5.02 Å². The number of carbonyl (C=O) groups excluding carboxylic acids is 2. The van der Waals surface area contributed by atoms with E-state index >= 15 is 0 Å². The van der Waals surface area contributed by atoms with Crippen LogP contribution in [0.15, 0.2) is 72.9 Å². The minimum Gasteiger partial charge on any atom is -0.490 e. The van der Waals surface area contributed by atoms with Crippen molar-refractivity contribution in [3.8, 4) is 23.0 Å². The smallest absolute Gasteiger partial charge is 0.417 e. The fourth-order valence-electron chi connectivity index (χ4n) is 3.38. The van der Waals surface area contributed by atoms with E-state index in [0.717, 1.165) is 0 Å². The van der Waals surface area contributed by atoms with Crippen LogP contribution in [0.3, 0.4) is 0 Å². The van der Waals surface area contributed by atoms with E-state index in [-0.39, 0.29) is 17.2 Å². The Morgan fingerprint density at radius 1 is 0.919 bits per heavy atom. The first kappa shape index (κ1) is 25.7. The van der Waals surface area contributed by atoms with Crippen LogP contribution < -0.4 is 19.5 Å². The average Bonchev–Trinajstić information content (AvgIpc) is 2.90. The molecule has 1 heterocycles. The third-order valence-corrected chi connectivity index (χ3v) is 5.42. The molecule has 9 nitrogen and oxygen atoms in total. The standard InChI is InChI=1S/C27H23ClN2O7/c1-33-12-13-35-25-16-23-19(15-20(25)26(31)34-2)24(10-11-29-23)36-18-8-9-22(21(28)14-18)30-27(32)37-17-6-4-3-5-7-17/h3-11,14-16H,12-13H2,1-2H3,(H,30,32). The number of hydrogen-bond donors (Lipinski definition) is 1. The number of benzene rings is 3. The van der Waals surface area contributed by atoms with Crippen molar-refractivity contribution in [1.82, 2.24) is 4.98 Å². The molecule has 0 aliphatic carbocycles. The summed E-state index contributed by atoms with van der Waals surface area (Å²) in [6.07, 6.45) is 0.895. The highest BCUT2D eigenvalue weighted by atomic mass is 35.5. The summed E-state index contributed by atoms with van der Waals surface area (Å²) in [5.74, 6) is 0.990. The summed E-state index contributed by atoms with van der Waals surface area (Å²) in [6, 6.07) is 18.3. The van der Waals surface area contributed by atoms with Crippen molar-refractivity contribution >= 4 is 40.3 Å². The lowest BCUT2D eigenvalue weighted by molar-refractivity contribution is 0.0594. The number of rotatable bonds is 9. The number of nitrogens with zero attached hydrogens (tertiary/aromatic N) is 1. The van der Waals surface area contributed by atoms with Gasteiger partial charge in [0.15, 0.2) is 0 Å². The van der Waals surface area contributed by atoms with Gasteiger partial charge in [0.2, 0.25) is 0 Å². The van der Waals surface area contributed by atoms with Crippen LogP contribution in [-0.4, -0.2) is 44.5 Å². The topological polar surface area (TPSA) is 105 Å². The number of fused-ring (bicyclic) bond motifs is 1. The number of carbonyl (C=O) groups is 2. The number of nitrogens with one attached hydrogen (secondary N) is 1. The highest BCUT2D eigenvalue weighted by molar-refractivity contribution is 6.33. The van der Waals surface area contributed by atoms with Crippen LogP contribution in [-0.2, 0) is 9.47 Å². The molecule has 0 saturated carbocycles. The van der Waals surface area contributed by atoms with Crippen LogP contribution in [0.4, 0.5) is 10.5 Å². The van der Waals surface area contributed by atoms with E-state index in [4.69, 9.17) is 35.3 Å². The lowest BCUT2D eigenvalue weighted by Crippen LogP contribution is -2.16. The van der Waals surface area contributed by atoms with Crippen LogP contribution in [0.25, 0.3) is 10.9 Å². The van der Waals surface area contributed by atoms with E-state index in [2.05, 4.69) is 10.3 Å². The Labute approximate surface area is 217 Å². The van der Waals surface area contributed by atoms with Gasteiger partial charge in [-0.05, 0) is 36.4 Å². The molecule has 190 valence electrons. The molecule has 1 aromatic heterocycles. The summed E-state index contributed by atoms with van der Waals surface area (Å²) < 4.78 is 26.9. The van der Waals surface area contributed by atoms with Crippen molar-refractivity contribution in [2.45, 2.75) is 0 Å². The second kappa shape index (κ2) is 12.1. The number of para-hydroxylation sites is 1. The van der Waals surface area contributed by atoms with E-state index in [1.54, 1.807) is 74.0 Å².